The SMILES string of the molecule is O=C(NC1CCCCC1)N1CCc2cc(S(=O)(=O)NC3CC3)ccc21. The molecule has 1 heterocycles. The van der Waals surface area contributed by atoms with Crippen molar-refractivity contribution in [2.24, 2.45) is 0 Å². The van der Waals surface area contributed by atoms with E-state index in [1.54, 1.807) is 23.1 Å². The Morgan fingerprint density at radius 1 is 1.04 bits per heavy atom. The van der Waals surface area contributed by atoms with E-state index in [9.17, 15) is 13.2 Å². The van der Waals surface area contributed by atoms with Crippen LogP contribution in [0.4, 0.5) is 10.5 Å². The van der Waals surface area contributed by atoms with Crippen LogP contribution in [0.15, 0.2) is 23.1 Å². The van der Waals surface area contributed by atoms with E-state index in [1.165, 1.54) is 19.3 Å². The van der Waals surface area contributed by atoms with Gasteiger partial charge in [0.1, 0.15) is 0 Å². The highest BCUT2D eigenvalue weighted by Crippen LogP contribution is 2.31. The maximum Gasteiger partial charge on any atom is 0.322 e. The molecule has 1 aromatic carbocycles. The van der Waals surface area contributed by atoms with Crippen molar-refractivity contribution in [1.82, 2.24) is 10.0 Å². The predicted octanol–water partition coefficient (Wildman–Crippen LogP) is 2.53. The summed E-state index contributed by atoms with van der Waals surface area (Å²) in [7, 11) is -3.45. The first-order chi connectivity index (χ1) is 12.0. The van der Waals surface area contributed by atoms with Gasteiger partial charge in [-0.1, -0.05) is 19.3 Å². The van der Waals surface area contributed by atoms with Gasteiger partial charge in [-0.2, -0.15) is 0 Å². The maximum absolute atomic E-state index is 12.6. The second-order valence-electron chi connectivity index (χ2n) is 7.37. The fourth-order valence-electron chi connectivity index (χ4n) is 3.74. The molecule has 0 aromatic heterocycles. The molecule has 7 heteroatoms. The van der Waals surface area contributed by atoms with Gasteiger partial charge in [0.05, 0.1) is 4.90 Å². The van der Waals surface area contributed by atoms with Gasteiger partial charge in [-0.05, 0) is 55.9 Å². The molecule has 0 unspecified atom stereocenters. The lowest BCUT2D eigenvalue weighted by molar-refractivity contribution is 0.238. The second kappa shape index (κ2) is 6.61. The van der Waals surface area contributed by atoms with Gasteiger partial charge in [-0.3, -0.25) is 4.90 Å². The average Bonchev–Trinajstić information content (AvgIpc) is 3.29. The normalized spacial score (nSPS) is 21.2. The van der Waals surface area contributed by atoms with Gasteiger partial charge in [-0.25, -0.2) is 17.9 Å². The molecule has 0 bridgehead atoms. The van der Waals surface area contributed by atoms with Crippen molar-refractivity contribution >= 4 is 21.7 Å². The van der Waals surface area contributed by atoms with Crippen LogP contribution in [0, 0.1) is 0 Å². The Morgan fingerprint density at radius 2 is 1.80 bits per heavy atom. The number of anilines is 1. The minimum atomic E-state index is -3.45. The molecule has 2 fully saturated rings. The van der Waals surface area contributed by atoms with Gasteiger partial charge >= 0.3 is 6.03 Å². The summed E-state index contributed by atoms with van der Waals surface area (Å²) in [6, 6.07) is 5.40. The molecule has 4 rings (SSSR count). The Balaban J connectivity index is 1.47. The number of carbonyl (C=O) groups excluding carboxylic acids is 1. The van der Waals surface area contributed by atoms with Crippen molar-refractivity contribution in [3.8, 4) is 0 Å². The zero-order chi connectivity index (χ0) is 17.4. The van der Waals surface area contributed by atoms with Crippen LogP contribution in [0.2, 0.25) is 0 Å². The van der Waals surface area contributed by atoms with Crippen LogP contribution in [-0.4, -0.2) is 33.1 Å². The molecule has 0 atom stereocenters. The first kappa shape index (κ1) is 16.8. The summed E-state index contributed by atoms with van der Waals surface area (Å²) < 4.78 is 27.4. The quantitative estimate of drug-likeness (QED) is 0.863. The molecule has 2 amide bonds. The summed E-state index contributed by atoms with van der Waals surface area (Å²) in [5, 5.41) is 3.14. The Bertz CT molecular complexity index is 768. The summed E-state index contributed by atoms with van der Waals surface area (Å²) in [6.07, 6.45) is 8.24. The lowest BCUT2D eigenvalue weighted by Gasteiger charge is -2.26. The van der Waals surface area contributed by atoms with E-state index >= 15 is 0 Å². The van der Waals surface area contributed by atoms with E-state index in [2.05, 4.69) is 10.0 Å². The minimum Gasteiger partial charge on any atom is -0.335 e. The number of nitrogens with zero attached hydrogens (tertiary/aromatic N) is 1. The molecule has 1 aliphatic heterocycles. The van der Waals surface area contributed by atoms with Crippen LogP contribution >= 0.6 is 0 Å². The highest BCUT2D eigenvalue weighted by Gasteiger charge is 2.31. The molecule has 136 valence electrons. The number of fused-ring (bicyclic) bond motifs is 1. The average molecular weight is 363 g/mol. The van der Waals surface area contributed by atoms with Crippen LogP contribution in [0.5, 0.6) is 0 Å². The number of hydrogen-bond acceptors (Lipinski definition) is 3. The zero-order valence-electron chi connectivity index (χ0n) is 14.3. The number of amides is 2. The van der Waals surface area contributed by atoms with Crippen molar-refractivity contribution in [1.29, 1.82) is 0 Å². The summed E-state index contributed by atoms with van der Waals surface area (Å²) in [6.45, 7) is 0.605. The van der Waals surface area contributed by atoms with Crippen molar-refractivity contribution < 1.29 is 13.2 Å². The van der Waals surface area contributed by atoms with E-state index in [0.717, 1.165) is 36.9 Å². The number of benzene rings is 1. The molecular formula is C18H25N3O3S. The largest absolute Gasteiger partial charge is 0.335 e. The molecule has 3 aliphatic rings. The second-order valence-corrected chi connectivity index (χ2v) is 9.09. The van der Waals surface area contributed by atoms with E-state index in [-0.39, 0.29) is 18.1 Å². The number of nitrogens with one attached hydrogen (secondary N) is 2. The number of rotatable bonds is 4. The lowest BCUT2D eigenvalue weighted by Crippen LogP contribution is -2.45. The van der Waals surface area contributed by atoms with Gasteiger partial charge in [-0.15, -0.1) is 0 Å². The Hall–Kier alpha value is -1.60. The van der Waals surface area contributed by atoms with E-state index in [0.29, 0.717) is 17.9 Å². The van der Waals surface area contributed by atoms with Crippen molar-refractivity contribution in [3.05, 3.63) is 23.8 Å². The van der Waals surface area contributed by atoms with Crippen molar-refractivity contribution in [3.63, 3.8) is 0 Å². The van der Waals surface area contributed by atoms with Crippen LogP contribution < -0.4 is 14.9 Å². The van der Waals surface area contributed by atoms with E-state index in [4.69, 9.17) is 0 Å². The summed E-state index contributed by atoms with van der Waals surface area (Å²) in [5.74, 6) is 0. The van der Waals surface area contributed by atoms with Gasteiger partial charge in [0, 0.05) is 24.3 Å². The third-order valence-electron chi connectivity index (χ3n) is 5.33. The molecule has 0 radical (unpaired) electrons. The molecule has 2 N–H and O–H groups in total. The topological polar surface area (TPSA) is 78.5 Å². The van der Waals surface area contributed by atoms with Gasteiger partial charge in [0.15, 0.2) is 0 Å². The smallest absolute Gasteiger partial charge is 0.322 e. The highest BCUT2D eigenvalue weighted by molar-refractivity contribution is 7.89. The number of carbonyl (C=O) groups is 1. The molecule has 0 spiro atoms. The Kier molecular flexibility index (Phi) is 4.45. The number of sulfonamides is 1. The first-order valence-corrected chi connectivity index (χ1v) is 10.7. The monoisotopic (exact) mass is 363 g/mol. The lowest BCUT2D eigenvalue weighted by atomic mass is 9.96. The molecule has 1 aromatic rings. The summed E-state index contributed by atoms with van der Waals surface area (Å²) in [4.78, 5) is 14.6. The molecule has 25 heavy (non-hydrogen) atoms. The predicted molar refractivity (Wildman–Crippen MR) is 96.2 cm³/mol. The highest BCUT2D eigenvalue weighted by atomic mass is 32.2. The summed E-state index contributed by atoms with van der Waals surface area (Å²) >= 11 is 0. The molecule has 2 aliphatic carbocycles. The van der Waals surface area contributed by atoms with Crippen molar-refractivity contribution in [2.75, 3.05) is 11.4 Å². The van der Waals surface area contributed by atoms with Gasteiger partial charge in [0.2, 0.25) is 10.0 Å². The molecule has 2 saturated carbocycles. The number of hydrogen-bond donors (Lipinski definition) is 2. The number of urea groups is 1. The maximum atomic E-state index is 12.6. The minimum absolute atomic E-state index is 0.0580. The van der Waals surface area contributed by atoms with Gasteiger partial charge < -0.3 is 5.32 Å². The van der Waals surface area contributed by atoms with Crippen LogP contribution in [-0.2, 0) is 16.4 Å². The Morgan fingerprint density at radius 3 is 2.52 bits per heavy atom. The van der Waals surface area contributed by atoms with Crippen LogP contribution in [0.3, 0.4) is 0 Å². The third-order valence-corrected chi connectivity index (χ3v) is 6.85. The summed E-state index contributed by atoms with van der Waals surface area (Å²) in [5.41, 5.74) is 1.76. The molecule has 6 nitrogen and oxygen atoms in total. The third kappa shape index (κ3) is 3.67. The van der Waals surface area contributed by atoms with Crippen molar-refractivity contribution in [2.45, 2.75) is 68.3 Å². The fourth-order valence-corrected chi connectivity index (χ4v) is 5.10. The van der Waals surface area contributed by atoms with E-state index in [1.807, 2.05) is 0 Å². The molecule has 0 saturated heterocycles. The van der Waals surface area contributed by atoms with E-state index < -0.39 is 10.0 Å². The Labute approximate surface area is 149 Å². The van der Waals surface area contributed by atoms with Gasteiger partial charge in [0.25, 0.3) is 0 Å². The van der Waals surface area contributed by atoms with Crippen LogP contribution in [0.25, 0.3) is 0 Å². The van der Waals surface area contributed by atoms with Crippen LogP contribution in [0.1, 0.15) is 50.5 Å². The molecular weight excluding hydrogens is 338 g/mol. The fraction of sp³-hybridized carbons (Fsp3) is 0.611. The standard InChI is InChI=1S/C18H25N3O3S/c22-18(19-14-4-2-1-3-5-14)21-11-10-13-12-16(8-9-17(13)21)25(23,24)20-15-6-7-15/h8-9,12,14-15,20H,1-7,10-11H2,(H,19,22). The first-order valence-electron chi connectivity index (χ1n) is 9.26. The zero-order valence-corrected chi connectivity index (χ0v) is 15.1.